The summed E-state index contributed by atoms with van der Waals surface area (Å²) in [5, 5.41) is 2.63. The lowest BCUT2D eigenvalue weighted by atomic mass is 9.97. The van der Waals surface area contributed by atoms with Crippen LogP contribution >= 0.6 is 0 Å². The van der Waals surface area contributed by atoms with Crippen LogP contribution in [0.2, 0.25) is 0 Å². The largest absolute Gasteiger partial charge is 0.324 e. The summed E-state index contributed by atoms with van der Waals surface area (Å²) in [6.07, 6.45) is 0. The van der Waals surface area contributed by atoms with E-state index < -0.39 is 5.82 Å². The predicted molar refractivity (Wildman–Crippen MR) is 98.3 cm³/mol. The standard InChI is InChI=1S/C20H23FN2O2/c1-13(2)18-10-5-7-14(3)20(18)23(15(4)24)12-19(25)22-17-9-6-8-16(21)11-17/h5-11,13H,12H2,1-4H3,(H,22,25). The van der Waals surface area contributed by atoms with Crippen molar-refractivity contribution >= 4 is 23.2 Å². The Hall–Kier alpha value is -2.69. The van der Waals surface area contributed by atoms with E-state index in [1.54, 1.807) is 6.07 Å². The molecular weight excluding hydrogens is 319 g/mol. The zero-order valence-electron chi connectivity index (χ0n) is 15.0. The first kappa shape index (κ1) is 18.6. The molecule has 0 radical (unpaired) electrons. The number of halogens is 1. The van der Waals surface area contributed by atoms with Crippen LogP contribution in [-0.2, 0) is 9.59 Å². The molecule has 2 amide bonds. The maximum Gasteiger partial charge on any atom is 0.244 e. The van der Waals surface area contributed by atoms with Crippen molar-refractivity contribution in [1.82, 2.24) is 0 Å². The number of carbonyl (C=O) groups is 2. The van der Waals surface area contributed by atoms with Crippen LogP contribution in [0.1, 0.15) is 37.8 Å². The Morgan fingerprint density at radius 1 is 1.16 bits per heavy atom. The van der Waals surface area contributed by atoms with Gasteiger partial charge in [0, 0.05) is 12.6 Å². The lowest BCUT2D eigenvalue weighted by molar-refractivity contribution is -0.120. The van der Waals surface area contributed by atoms with E-state index in [4.69, 9.17) is 0 Å². The Morgan fingerprint density at radius 2 is 1.84 bits per heavy atom. The third kappa shape index (κ3) is 4.66. The maximum atomic E-state index is 13.3. The van der Waals surface area contributed by atoms with Crippen molar-refractivity contribution in [2.24, 2.45) is 0 Å². The molecular formula is C20H23FN2O2. The van der Waals surface area contributed by atoms with Gasteiger partial charge in [-0.05, 0) is 42.2 Å². The minimum absolute atomic E-state index is 0.129. The third-order valence-corrected chi connectivity index (χ3v) is 3.95. The number of amides is 2. The second-order valence-electron chi connectivity index (χ2n) is 6.33. The van der Waals surface area contributed by atoms with E-state index in [1.165, 1.54) is 30.0 Å². The van der Waals surface area contributed by atoms with Gasteiger partial charge in [0.1, 0.15) is 12.4 Å². The molecule has 2 aromatic carbocycles. The second-order valence-corrected chi connectivity index (χ2v) is 6.33. The molecule has 0 aliphatic heterocycles. The Bertz CT molecular complexity index is 787. The highest BCUT2D eigenvalue weighted by Gasteiger charge is 2.21. The molecule has 0 saturated carbocycles. The molecule has 0 bridgehead atoms. The van der Waals surface area contributed by atoms with Gasteiger partial charge in [0.2, 0.25) is 11.8 Å². The summed E-state index contributed by atoms with van der Waals surface area (Å²) in [5.41, 5.74) is 3.07. The molecule has 0 heterocycles. The molecule has 0 spiro atoms. The third-order valence-electron chi connectivity index (χ3n) is 3.95. The minimum atomic E-state index is -0.428. The Kier molecular flexibility index (Phi) is 5.91. The number of anilines is 2. The van der Waals surface area contributed by atoms with Crippen molar-refractivity contribution < 1.29 is 14.0 Å². The summed E-state index contributed by atoms with van der Waals surface area (Å²) in [6.45, 7) is 7.32. The van der Waals surface area contributed by atoms with E-state index >= 15 is 0 Å². The van der Waals surface area contributed by atoms with Crippen molar-refractivity contribution in [2.45, 2.75) is 33.6 Å². The van der Waals surface area contributed by atoms with Crippen LogP contribution in [0.5, 0.6) is 0 Å². The predicted octanol–water partition coefficient (Wildman–Crippen LogP) is 4.25. The number of nitrogens with zero attached hydrogens (tertiary/aromatic N) is 1. The number of carbonyl (C=O) groups excluding carboxylic acids is 2. The molecule has 0 saturated heterocycles. The normalized spacial score (nSPS) is 10.6. The van der Waals surface area contributed by atoms with Gasteiger partial charge in [0.15, 0.2) is 0 Å². The second kappa shape index (κ2) is 7.92. The van der Waals surface area contributed by atoms with Crippen LogP contribution in [0.25, 0.3) is 0 Å². The SMILES string of the molecule is CC(=O)N(CC(=O)Nc1cccc(F)c1)c1c(C)cccc1C(C)C. The monoisotopic (exact) mass is 342 g/mol. The first-order valence-electron chi connectivity index (χ1n) is 8.22. The van der Waals surface area contributed by atoms with Crippen LogP contribution in [-0.4, -0.2) is 18.4 Å². The topological polar surface area (TPSA) is 49.4 Å². The fourth-order valence-electron chi connectivity index (χ4n) is 2.77. The van der Waals surface area contributed by atoms with E-state index in [1.807, 2.05) is 39.0 Å². The van der Waals surface area contributed by atoms with Gasteiger partial charge in [0.05, 0.1) is 5.69 Å². The van der Waals surface area contributed by atoms with Crippen LogP contribution in [0.4, 0.5) is 15.8 Å². The van der Waals surface area contributed by atoms with Crippen molar-refractivity contribution in [3.8, 4) is 0 Å². The summed E-state index contributed by atoms with van der Waals surface area (Å²) in [6, 6.07) is 11.5. The van der Waals surface area contributed by atoms with Gasteiger partial charge in [-0.3, -0.25) is 9.59 Å². The molecule has 1 N–H and O–H groups in total. The molecule has 25 heavy (non-hydrogen) atoms. The van der Waals surface area contributed by atoms with Crippen molar-refractivity contribution in [3.63, 3.8) is 0 Å². The zero-order chi connectivity index (χ0) is 18.6. The van der Waals surface area contributed by atoms with E-state index in [9.17, 15) is 14.0 Å². The summed E-state index contributed by atoms with van der Waals surface area (Å²) < 4.78 is 13.3. The van der Waals surface area contributed by atoms with E-state index in [0.29, 0.717) is 5.69 Å². The first-order valence-corrected chi connectivity index (χ1v) is 8.22. The van der Waals surface area contributed by atoms with Gasteiger partial charge in [-0.25, -0.2) is 4.39 Å². The van der Waals surface area contributed by atoms with Gasteiger partial charge in [0.25, 0.3) is 0 Å². The fourth-order valence-corrected chi connectivity index (χ4v) is 2.77. The number of benzene rings is 2. The van der Waals surface area contributed by atoms with E-state index in [2.05, 4.69) is 5.32 Å². The lowest BCUT2D eigenvalue weighted by Crippen LogP contribution is -2.37. The van der Waals surface area contributed by atoms with Gasteiger partial charge in [-0.1, -0.05) is 38.1 Å². The van der Waals surface area contributed by atoms with Crippen LogP contribution in [0.15, 0.2) is 42.5 Å². The Labute approximate surface area is 147 Å². The van der Waals surface area contributed by atoms with Gasteiger partial charge in [-0.15, -0.1) is 0 Å². The summed E-state index contributed by atoms with van der Waals surface area (Å²) in [7, 11) is 0. The summed E-state index contributed by atoms with van der Waals surface area (Å²) in [5.74, 6) is -0.811. The molecule has 0 aliphatic rings. The molecule has 2 aromatic rings. The molecule has 0 aromatic heterocycles. The molecule has 0 aliphatic carbocycles. The van der Waals surface area contributed by atoms with E-state index in [0.717, 1.165) is 16.8 Å². The average Bonchev–Trinajstić information content (AvgIpc) is 2.52. The quantitative estimate of drug-likeness (QED) is 0.883. The maximum absolute atomic E-state index is 13.3. The molecule has 0 fully saturated rings. The molecule has 4 nitrogen and oxygen atoms in total. The highest BCUT2D eigenvalue weighted by Crippen LogP contribution is 2.31. The lowest BCUT2D eigenvalue weighted by Gasteiger charge is -2.27. The minimum Gasteiger partial charge on any atom is -0.324 e. The smallest absolute Gasteiger partial charge is 0.244 e. The number of rotatable bonds is 5. The van der Waals surface area contributed by atoms with E-state index in [-0.39, 0.29) is 24.3 Å². The number of para-hydroxylation sites is 1. The van der Waals surface area contributed by atoms with Crippen LogP contribution < -0.4 is 10.2 Å². The molecule has 0 atom stereocenters. The zero-order valence-corrected chi connectivity index (χ0v) is 15.0. The first-order chi connectivity index (χ1) is 11.8. The average molecular weight is 342 g/mol. The van der Waals surface area contributed by atoms with Crippen molar-refractivity contribution in [3.05, 3.63) is 59.4 Å². The summed E-state index contributed by atoms with van der Waals surface area (Å²) in [4.78, 5) is 26.0. The number of aryl methyl sites for hydroxylation is 1. The molecule has 5 heteroatoms. The number of hydrogen-bond acceptors (Lipinski definition) is 2. The molecule has 132 valence electrons. The van der Waals surface area contributed by atoms with Gasteiger partial charge in [-0.2, -0.15) is 0 Å². The van der Waals surface area contributed by atoms with Crippen molar-refractivity contribution in [1.29, 1.82) is 0 Å². The van der Waals surface area contributed by atoms with Gasteiger partial charge < -0.3 is 10.2 Å². The molecule has 2 rings (SSSR count). The van der Waals surface area contributed by atoms with Crippen molar-refractivity contribution in [2.75, 3.05) is 16.8 Å². The Morgan fingerprint density at radius 3 is 2.44 bits per heavy atom. The Balaban J connectivity index is 2.28. The fraction of sp³-hybridized carbons (Fsp3) is 0.300. The highest BCUT2D eigenvalue weighted by atomic mass is 19.1. The number of hydrogen-bond donors (Lipinski definition) is 1. The number of nitrogens with one attached hydrogen (secondary N) is 1. The molecule has 0 unspecified atom stereocenters. The highest BCUT2D eigenvalue weighted by molar-refractivity contribution is 6.02. The van der Waals surface area contributed by atoms with Gasteiger partial charge >= 0.3 is 0 Å². The van der Waals surface area contributed by atoms with Crippen LogP contribution in [0, 0.1) is 12.7 Å². The van der Waals surface area contributed by atoms with Crippen LogP contribution in [0.3, 0.4) is 0 Å². The summed E-state index contributed by atoms with van der Waals surface area (Å²) >= 11 is 0.